The number of nitrogens with zero attached hydrogens (tertiary/aromatic N) is 3. The molecule has 3 aliphatic heterocycles. The molecule has 3 atom stereocenters. The minimum Gasteiger partial charge on any atom is -0.454 e. The first-order valence-electron chi connectivity index (χ1n) is 13.4. The number of rotatable bonds is 7. The van der Waals surface area contributed by atoms with E-state index >= 15 is 0 Å². The minimum absolute atomic E-state index is 0.0921. The minimum atomic E-state index is 0.0921. The molecule has 1 aromatic carbocycles. The summed E-state index contributed by atoms with van der Waals surface area (Å²) < 4.78 is 12.0. The van der Waals surface area contributed by atoms with E-state index in [1.165, 1.54) is 55.4 Å². The Balaban J connectivity index is 1.12. The molecule has 1 N–H and O–H groups in total. The van der Waals surface area contributed by atoms with Gasteiger partial charge in [-0.3, -0.25) is 15.0 Å². The summed E-state index contributed by atoms with van der Waals surface area (Å²) in [4.78, 5) is 14.3. The fourth-order valence-electron chi connectivity index (χ4n) is 5.81. The lowest BCUT2D eigenvalue weighted by molar-refractivity contribution is 0.174. The zero-order valence-electron chi connectivity index (χ0n) is 21.0. The van der Waals surface area contributed by atoms with Gasteiger partial charge in [-0.1, -0.05) is 25.0 Å². The van der Waals surface area contributed by atoms with E-state index in [2.05, 4.69) is 50.5 Å². The third-order valence-corrected chi connectivity index (χ3v) is 8.62. The number of dihydropyridines is 1. The van der Waals surface area contributed by atoms with Crippen LogP contribution in [0.1, 0.15) is 56.1 Å². The Labute approximate surface area is 227 Å². The maximum Gasteiger partial charge on any atom is 0.231 e. The van der Waals surface area contributed by atoms with Crippen LogP contribution >= 0.6 is 15.9 Å². The number of hydrogen-bond acceptors (Lipinski definition) is 6. The van der Waals surface area contributed by atoms with E-state index in [0.717, 1.165) is 52.7 Å². The number of fused-ring (bicyclic) bond motifs is 3. The number of hydrogen-bond donors (Lipinski definition) is 1. The van der Waals surface area contributed by atoms with E-state index in [0.29, 0.717) is 12.7 Å². The van der Waals surface area contributed by atoms with Crippen LogP contribution in [0.2, 0.25) is 0 Å². The van der Waals surface area contributed by atoms with Gasteiger partial charge in [-0.2, -0.15) is 0 Å². The summed E-state index contributed by atoms with van der Waals surface area (Å²) in [7, 11) is 0. The number of benzene rings is 1. The maximum absolute atomic E-state index is 5.57. The smallest absolute Gasteiger partial charge is 0.231 e. The quantitative estimate of drug-likeness (QED) is 0.391. The summed E-state index contributed by atoms with van der Waals surface area (Å²) in [5.41, 5.74) is 6.01. The number of halogens is 1. The van der Waals surface area contributed by atoms with Gasteiger partial charge in [-0.15, -0.1) is 0 Å². The molecule has 6 rings (SSSR count). The van der Waals surface area contributed by atoms with Crippen molar-refractivity contribution >= 4 is 27.9 Å². The van der Waals surface area contributed by atoms with Crippen LogP contribution in [0.15, 0.2) is 74.7 Å². The highest BCUT2D eigenvalue weighted by molar-refractivity contribution is 9.12. The molecule has 4 aliphatic rings. The number of ether oxygens (including phenoxy) is 2. The molecular formula is C30H33BrN4O2. The standard InChI is InChI=1S/C30H33BrN4O2/c31-24-18-34-28-15-26(24)35-25(14-27(28)33-17-22-4-2-12-32-16-22)23-5-1-3-20(8-10-23)6-7-21-9-11-29-30(13-21)37-19-36-29/h2,4,9,11-14,16,18,20,23,28,33H,1,3,5-8,10,15,17,19H2. The molecule has 0 saturated heterocycles. The van der Waals surface area contributed by atoms with Crippen molar-refractivity contribution in [3.05, 3.63) is 75.8 Å². The van der Waals surface area contributed by atoms with Crippen LogP contribution in [0.4, 0.5) is 0 Å². The number of aryl methyl sites for hydroxylation is 1. The van der Waals surface area contributed by atoms with Gasteiger partial charge >= 0.3 is 0 Å². The third-order valence-electron chi connectivity index (χ3n) is 7.96. The Kier molecular flexibility index (Phi) is 7.40. The van der Waals surface area contributed by atoms with E-state index in [1.807, 2.05) is 30.7 Å². The zero-order chi connectivity index (χ0) is 25.0. The average molecular weight is 562 g/mol. The summed E-state index contributed by atoms with van der Waals surface area (Å²) in [5.74, 6) is 2.99. The molecule has 0 radical (unpaired) electrons. The molecule has 192 valence electrons. The van der Waals surface area contributed by atoms with Gasteiger partial charge in [0.15, 0.2) is 11.5 Å². The predicted octanol–water partition coefficient (Wildman–Crippen LogP) is 6.52. The number of aliphatic imine (C=N–C) groups is 2. The molecule has 2 aromatic rings. The fraction of sp³-hybridized carbons (Fsp3) is 0.433. The topological polar surface area (TPSA) is 68.1 Å². The van der Waals surface area contributed by atoms with Crippen molar-refractivity contribution in [1.82, 2.24) is 10.3 Å². The third kappa shape index (κ3) is 5.82. The summed E-state index contributed by atoms with van der Waals surface area (Å²) in [6.45, 7) is 1.08. The van der Waals surface area contributed by atoms with Crippen LogP contribution in [0.3, 0.4) is 0 Å². The summed E-state index contributed by atoms with van der Waals surface area (Å²) >= 11 is 3.70. The summed E-state index contributed by atoms with van der Waals surface area (Å²) in [6, 6.07) is 10.6. The van der Waals surface area contributed by atoms with Gasteiger partial charge in [0, 0.05) is 48.9 Å². The van der Waals surface area contributed by atoms with Gasteiger partial charge < -0.3 is 14.8 Å². The molecule has 7 heteroatoms. The average Bonchev–Trinajstić information content (AvgIpc) is 3.18. The van der Waals surface area contributed by atoms with Crippen LogP contribution in [0.25, 0.3) is 0 Å². The summed E-state index contributed by atoms with van der Waals surface area (Å²) in [5, 5.41) is 3.67. The first-order valence-corrected chi connectivity index (χ1v) is 14.2. The van der Waals surface area contributed by atoms with Gasteiger partial charge in [0.1, 0.15) is 0 Å². The van der Waals surface area contributed by atoms with Crippen molar-refractivity contribution in [3.8, 4) is 11.5 Å². The van der Waals surface area contributed by atoms with Crippen molar-refractivity contribution in [3.63, 3.8) is 0 Å². The van der Waals surface area contributed by atoms with Crippen molar-refractivity contribution < 1.29 is 9.47 Å². The molecule has 0 spiro atoms. The number of pyridine rings is 1. The molecule has 1 aliphatic carbocycles. The van der Waals surface area contributed by atoms with Crippen molar-refractivity contribution in [2.24, 2.45) is 21.8 Å². The number of aromatic nitrogens is 1. The Hall–Kier alpha value is -2.93. The Bertz CT molecular complexity index is 1250. The predicted molar refractivity (Wildman–Crippen MR) is 150 cm³/mol. The van der Waals surface area contributed by atoms with Crippen LogP contribution in [-0.2, 0) is 13.0 Å². The first kappa shape index (κ1) is 24.4. The SMILES string of the molecule is BrC1=C2CC(N=C1)C(NCc1cccnc1)=CC(C1CCCC(CCc3ccc4c(c3)OCO4)CC1)=N2. The van der Waals surface area contributed by atoms with E-state index in [1.54, 1.807) is 0 Å². The molecular weight excluding hydrogens is 528 g/mol. The van der Waals surface area contributed by atoms with Gasteiger partial charge in [-0.05, 0) is 89.4 Å². The van der Waals surface area contributed by atoms with Crippen LogP contribution in [0.5, 0.6) is 11.5 Å². The zero-order valence-corrected chi connectivity index (χ0v) is 22.6. The van der Waals surface area contributed by atoms with E-state index in [9.17, 15) is 0 Å². The molecule has 4 heterocycles. The summed E-state index contributed by atoms with van der Waals surface area (Å²) in [6.07, 6.45) is 17.3. The monoisotopic (exact) mass is 560 g/mol. The molecule has 3 unspecified atom stereocenters. The van der Waals surface area contributed by atoms with Gasteiger partial charge in [-0.25, -0.2) is 0 Å². The molecule has 0 amide bonds. The van der Waals surface area contributed by atoms with E-state index in [-0.39, 0.29) is 6.04 Å². The van der Waals surface area contributed by atoms with Crippen LogP contribution in [0, 0.1) is 11.8 Å². The second-order valence-corrected chi connectivity index (χ2v) is 11.3. The van der Waals surface area contributed by atoms with Crippen molar-refractivity contribution in [2.75, 3.05) is 6.79 Å². The van der Waals surface area contributed by atoms with Crippen LogP contribution in [-0.4, -0.2) is 29.7 Å². The molecule has 6 nitrogen and oxygen atoms in total. The van der Waals surface area contributed by atoms with E-state index < -0.39 is 0 Å². The van der Waals surface area contributed by atoms with Gasteiger partial charge in [0.2, 0.25) is 6.79 Å². The largest absolute Gasteiger partial charge is 0.454 e. The first-order chi connectivity index (χ1) is 18.2. The number of allylic oxidation sites excluding steroid dienone is 2. The normalized spacial score (nSPS) is 24.7. The maximum atomic E-state index is 5.57. The lowest BCUT2D eigenvalue weighted by atomic mass is 9.90. The van der Waals surface area contributed by atoms with Gasteiger partial charge in [0.05, 0.1) is 16.2 Å². The van der Waals surface area contributed by atoms with E-state index in [4.69, 9.17) is 19.5 Å². The van der Waals surface area contributed by atoms with Crippen molar-refractivity contribution in [2.45, 2.75) is 64.0 Å². The second kappa shape index (κ2) is 11.2. The van der Waals surface area contributed by atoms with Gasteiger partial charge in [0.25, 0.3) is 0 Å². The number of nitrogens with one attached hydrogen (secondary N) is 1. The molecule has 2 bridgehead atoms. The molecule has 1 aromatic heterocycles. The highest BCUT2D eigenvalue weighted by atomic mass is 79.9. The Morgan fingerprint density at radius 3 is 2.89 bits per heavy atom. The highest BCUT2D eigenvalue weighted by Crippen LogP contribution is 2.36. The lowest BCUT2D eigenvalue weighted by Crippen LogP contribution is -2.25. The lowest BCUT2D eigenvalue weighted by Gasteiger charge is -2.20. The Morgan fingerprint density at radius 1 is 1.03 bits per heavy atom. The highest BCUT2D eigenvalue weighted by Gasteiger charge is 2.28. The van der Waals surface area contributed by atoms with Crippen LogP contribution < -0.4 is 14.8 Å². The molecule has 37 heavy (non-hydrogen) atoms. The van der Waals surface area contributed by atoms with Crippen molar-refractivity contribution in [1.29, 1.82) is 0 Å². The molecule has 1 saturated carbocycles. The Morgan fingerprint density at radius 2 is 1.97 bits per heavy atom. The second-order valence-electron chi connectivity index (χ2n) is 10.4. The molecule has 1 fully saturated rings. The fourth-order valence-corrected chi connectivity index (χ4v) is 6.18.